The molecule has 0 aliphatic rings. The van der Waals surface area contributed by atoms with Crippen molar-refractivity contribution in [3.63, 3.8) is 0 Å². The lowest BCUT2D eigenvalue weighted by atomic mass is 10.00. The molecule has 2 aromatic rings. The van der Waals surface area contributed by atoms with Gasteiger partial charge in [0.1, 0.15) is 5.82 Å². The van der Waals surface area contributed by atoms with Crippen molar-refractivity contribution in [2.75, 3.05) is 0 Å². The highest BCUT2D eigenvalue weighted by Gasteiger charge is 2.11. The SMILES string of the molecule is Cc1ccccc1C(Cl)Cc1cccc(F)c1. The lowest BCUT2D eigenvalue weighted by Gasteiger charge is -2.12. The first-order valence-electron chi connectivity index (χ1n) is 5.61. The first-order chi connectivity index (χ1) is 8.16. The summed E-state index contributed by atoms with van der Waals surface area (Å²) in [6.45, 7) is 2.04. The molecule has 17 heavy (non-hydrogen) atoms. The third-order valence-corrected chi connectivity index (χ3v) is 3.22. The predicted octanol–water partition coefficient (Wildman–Crippen LogP) is 4.66. The number of rotatable bonds is 3. The van der Waals surface area contributed by atoms with E-state index in [-0.39, 0.29) is 11.2 Å². The van der Waals surface area contributed by atoms with Crippen molar-refractivity contribution in [1.82, 2.24) is 0 Å². The number of alkyl halides is 1. The molecule has 0 spiro atoms. The summed E-state index contributed by atoms with van der Waals surface area (Å²) in [7, 11) is 0. The third kappa shape index (κ3) is 3.07. The van der Waals surface area contributed by atoms with Gasteiger partial charge in [0.05, 0.1) is 5.38 Å². The van der Waals surface area contributed by atoms with Crippen molar-refractivity contribution in [3.05, 3.63) is 71.0 Å². The van der Waals surface area contributed by atoms with Gasteiger partial charge in [0.25, 0.3) is 0 Å². The van der Waals surface area contributed by atoms with E-state index in [2.05, 4.69) is 0 Å². The quantitative estimate of drug-likeness (QED) is 0.694. The summed E-state index contributed by atoms with van der Waals surface area (Å²) in [6.07, 6.45) is 0.643. The molecule has 1 atom stereocenters. The van der Waals surface area contributed by atoms with Crippen LogP contribution in [0.15, 0.2) is 48.5 Å². The van der Waals surface area contributed by atoms with E-state index in [1.165, 1.54) is 17.7 Å². The van der Waals surface area contributed by atoms with E-state index in [4.69, 9.17) is 11.6 Å². The molecule has 0 aromatic heterocycles. The van der Waals surface area contributed by atoms with E-state index < -0.39 is 0 Å². The van der Waals surface area contributed by atoms with Gasteiger partial charge >= 0.3 is 0 Å². The summed E-state index contributed by atoms with van der Waals surface area (Å²) in [5, 5.41) is -0.113. The van der Waals surface area contributed by atoms with Crippen LogP contribution in [0, 0.1) is 12.7 Å². The van der Waals surface area contributed by atoms with Crippen LogP contribution in [0.1, 0.15) is 22.1 Å². The standard InChI is InChI=1S/C15H14ClF/c1-11-5-2-3-8-14(11)15(16)10-12-6-4-7-13(17)9-12/h2-9,15H,10H2,1H3. The average Bonchev–Trinajstić information content (AvgIpc) is 2.29. The van der Waals surface area contributed by atoms with E-state index in [0.717, 1.165) is 11.1 Å². The zero-order valence-corrected chi connectivity index (χ0v) is 10.4. The summed E-state index contributed by atoms with van der Waals surface area (Å²) in [6, 6.07) is 14.6. The van der Waals surface area contributed by atoms with Crippen molar-refractivity contribution < 1.29 is 4.39 Å². The zero-order chi connectivity index (χ0) is 12.3. The molecule has 2 heteroatoms. The summed E-state index contributed by atoms with van der Waals surface area (Å²) < 4.78 is 13.1. The van der Waals surface area contributed by atoms with E-state index in [1.54, 1.807) is 6.07 Å². The second kappa shape index (κ2) is 5.33. The number of halogens is 2. The topological polar surface area (TPSA) is 0 Å². The minimum Gasteiger partial charge on any atom is -0.207 e. The van der Waals surface area contributed by atoms with Crippen LogP contribution >= 0.6 is 11.6 Å². The van der Waals surface area contributed by atoms with Crippen LogP contribution in [0.25, 0.3) is 0 Å². The van der Waals surface area contributed by atoms with Crippen LogP contribution in [0.5, 0.6) is 0 Å². The van der Waals surface area contributed by atoms with Gasteiger partial charge in [-0.25, -0.2) is 4.39 Å². The van der Waals surface area contributed by atoms with Gasteiger partial charge in [-0.3, -0.25) is 0 Å². The Balaban J connectivity index is 2.17. The van der Waals surface area contributed by atoms with Crippen molar-refractivity contribution in [2.24, 2.45) is 0 Å². The lowest BCUT2D eigenvalue weighted by molar-refractivity contribution is 0.625. The second-order valence-corrected chi connectivity index (χ2v) is 4.68. The summed E-state index contributed by atoms with van der Waals surface area (Å²) in [5.74, 6) is -0.212. The second-order valence-electron chi connectivity index (χ2n) is 4.16. The highest BCUT2D eigenvalue weighted by molar-refractivity contribution is 6.21. The van der Waals surface area contributed by atoms with Crippen molar-refractivity contribution in [2.45, 2.75) is 18.7 Å². The largest absolute Gasteiger partial charge is 0.207 e. The maximum atomic E-state index is 13.1. The van der Waals surface area contributed by atoms with E-state index in [1.807, 2.05) is 37.3 Å². The molecule has 1 unspecified atom stereocenters. The summed E-state index contributed by atoms with van der Waals surface area (Å²) in [5.41, 5.74) is 3.20. The van der Waals surface area contributed by atoms with Gasteiger partial charge in [-0.05, 0) is 42.2 Å². The highest BCUT2D eigenvalue weighted by Crippen LogP contribution is 2.27. The molecule has 2 rings (SSSR count). The molecule has 88 valence electrons. The molecule has 0 heterocycles. The number of aryl methyl sites for hydroxylation is 1. The Kier molecular flexibility index (Phi) is 3.80. The van der Waals surface area contributed by atoms with Crippen LogP contribution in [0.3, 0.4) is 0 Å². The molecule has 0 N–H and O–H groups in total. The third-order valence-electron chi connectivity index (χ3n) is 2.83. The van der Waals surface area contributed by atoms with Gasteiger partial charge < -0.3 is 0 Å². The molecule has 0 aliphatic heterocycles. The van der Waals surface area contributed by atoms with Crippen LogP contribution in [0.4, 0.5) is 4.39 Å². The molecule has 2 aromatic carbocycles. The fourth-order valence-corrected chi connectivity index (χ4v) is 2.34. The Hall–Kier alpha value is -1.34. The monoisotopic (exact) mass is 248 g/mol. The molecule has 0 amide bonds. The van der Waals surface area contributed by atoms with Crippen LogP contribution < -0.4 is 0 Å². The number of hydrogen-bond donors (Lipinski definition) is 0. The maximum absolute atomic E-state index is 13.1. The molecule has 0 radical (unpaired) electrons. The Bertz CT molecular complexity index is 508. The Morgan fingerprint density at radius 1 is 1.12 bits per heavy atom. The Morgan fingerprint density at radius 3 is 2.59 bits per heavy atom. The van der Waals surface area contributed by atoms with Crippen molar-refractivity contribution >= 4 is 11.6 Å². The Labute approximate surface area is 106 Å². The first-order valence-corrected chi connectivity index (χ1v) is 6.04. The first kappa shape index (κ1) is 12.1. The average molecular weight is 249 g/mol. The van der Waals surface area contributed by atoms with E-state index in [0.29, 0.717) is 6.42 Å². The molecular formula is C15H14ClF. The molecule has 0 aliphatic carbocycles. The zero-order valence-electron chi connectivity index (χ0n) is 9.66. The minimum atomic E-state index is -0.212. The van der Waals surface area contributed by atoms with Crippen LogP contribution in [0.2, 0.25) is 0 Å². The van der Waals surface area contributed by atoms with Crippen LogP contribution in [-0.4, -0.2) is 0 Å². The minimum absolute atomic E-state index is 0.113. The van der Waals surface area contributed by atoms with Gasteiger partial charge in [-0.1, -0.05) is 36.4 Å². The van der Waals surface area contributed by atoms with Gasteiger partial charge in [-0.15, -0.1) is 11.6 Å². The smallest absolute Gasteiger partial charge is 0.123 e. The number of hydrogen-bond acceptors (Lipinski definition) is 0. The number of benzene rings is 2. The molecule has 0 nitrogen and oxygen atoms in total. The Morgan fingerprint density at radius 2 is 1.88 bits per heavy atom. The molecule has 0 saturated carbocycles. The van der Waals surface area contributed by atoms with Crippen LogP contribution in [-0.2, 0) is 6.42 Å². The predicted molar refractivity (Wildman–Crippen MR) is 69.9 cm³/mol. The molecule has 0 fully saturated rings. The molecular weight excluding hydrogens is 235 g/mol. The molecule has 0 bridgehead atoms. The van der Waals surface area contributed by atoms with Gasteiger partial charge in [0, 0.05) is 0 Å². The summed E-state index contributed by atoms with van der Waals surface area (Å²) in [4.78, 5) is 0. The van der Waals surface area contributed by atoms with Crippen molar-refractivity contribution in [3.8, 4) is 0 Å². The van der Waals surface area contributed by atoms with Gasteiger partial charge in [-0.2, -0.15) is 0 Å². The van der Waals surface area contributed by atoms with E-state index in [9.17, 15) is 4.39 Å². The maximum Gasteiger partial charge on any atom is 0.123 e. The fourth-order valence-electron chi connectivity index (χ4n) is 1.92. The molecule has 0 saturated heterocycles. The van der Waals surface area contributed by atoms with Gasteiger partial charge in [0.2, 0.25) is 0 Å². The fraction of sp³-hybridized carbons (Fsp3) is 0.200. The van der Waals surface area contributed by atoms with Gasteiger partial charge in [0.15, 0.2) is 0 Å². The summed E-state index contributed by atoms with van der Waals surface area (Å²) >= 11 is 6.38. The van der Waals surface area contributed by atoms with Crippen molar-refractivity contribution in [1.29, 1.82) is 0 Å². The highest BCUT2D eigenvalue weighted by atomic mass is 35.5. The van der Waals surface area contributed by atoms with E-state index >= 15 is 0 Å². The normalized spacial score (nSPS) is 12.4. The lowest BCUT2D eigenvalue weighted by Crippen LogP contribution is -1.98.